The molecule has 0 radical (unpaired) electrons. The number of aromatic nitrogens is 6. The second-order valence-electron chi connectivity index (χ2n) is 9.66. The SMILES string of the molecule is CC(C)NC(=O)C1CCC(n2cc(-c3cnc(-c4cccc(-c5cnn(C)c5)c4)nc3)cn2)CC1. The Balaban J connectivity index is 1.25. The molecule has 0 saturated heterocycles. The van der Waals surface area contributed by atoms with Crippen LogP contribution in [0.5, 0.6) is 0 Å². The van der Waals surface area contributed by atoms with Crippen LogP contribution in [-0.2, 0) is 11.8 Å². The Kier molecular flexibility index (Phi) is 6.44. The minimum atomic E-state index is 0.112. The van der Waals surface area contributed by atoms with Gasteiger partial charge in [0.15, 0.2) is 5.82 Å². The lowest BCUT2D eigenvalue weighted by molar-refractivity contribution is -0.126. The van der Waals surface area contributed by atoms with Crippen LogP contribution in [0.25, 0.3) is 33.6 Å². The van der Waals surface area contributed by atoms with Crippen LogP contribution in [0.4, 0.5) is 0 Å². The molecule has 5 rings (SSSR count). The van der Waals surface area contributed by atoms with Crippen LogP contribution in [0.2, 0.25) is 0 Å². The zero-order chi connectivity index (χ0) is 24.4. The lowest BCUT2D eigenvalue weighted by Gasteiger charge is -2.28. The molecule has 0 spiro atoms. The van der Waals surface area contributed by atoms with Gasteiger partial charge in [-0.2, -0.15) is 10.2 Å². The number of nitrogens with zero attached hydrogens (tertiary/aromatic N) is 6. The summed E-state index contributed by atoms with van der Waals surface area (Å²) < 4.78 is 3.83. The number of rotatable bonds is 6. The Morgan fingerprint density at radius 2 is 1.57 bits per heavy atom. The third-order valence-corrected chi connectivity index (χ3v) is 6.62. The number of carbonyl (C=O) groups excluding carboxylic acids is 1. The predicted octanol–water partition coefficient (Wildman–Crippen LogP) is 4.66. The van der Waals surface area contributed by atoms with Gasteiger partial charge in [-0.05, 0) is 51.2 Å². The lowest BCUT2D eigenvalue weighted by Crippen LogP contribution is -2.37. The smallest absolute Gasteiger partial charge is 0.223 e. The second kappa shape index (κ2) is 9.82. The second-order valence-corrected chi connectivity index (χ2v) is 9.66. The number of amides is 1. The first-order chi connectivity index (χ1) is 17.0. The summed E-state index contributed by atoms with van der Waals surface area (Å²) in [6.07, 6.45) is 15.2. The van der Waals surface area contributed by atoms with Crippen LogP contribution >= 0.6 is 0 Å². The maximum absolute atomic E-state index is 12.3. The van der Waals surface area contributed by atoms with Crippen molar-refractivity contribution in [2.75, 3.05) is 0 Å². The van der Waals surface area contributed by atoms with Gasteiger partial charge in [-0.1, -0.05) is 18.2 Å². The molecule has 0 aliphatic heterocycles. The molecule has 8 nitrogen and oxygen atoms in total. The van der Waals surface area contributed by atoms with Crippen LogP contribution in [0.1, 0.15) is 45.6 Å². The van der Waals surface area contributed by atoms with Crippen molar-refractivity contribution in [3.05, 3.63) is 61.4 Å². The zero-order valence-corrected chi connectivity index (χ0v) is 20.4. The molecule has 3 aromatic heterocycles. The van der Waals surface area contributed by atoms with Crippen molar-refractivity contribution in [3.63, 3.8) is 0 Å². The largest absolute Gasteiger partial charge is 0.354 e. The third kappa shape index (κ3) is 5.16. The molecule has 1 aliphatic carbocycles. The van der Waals surface area contributed by atoms with E-state index in [4.69, 9.17) is 0 Å². The Labute approximate surface area is 205 Å². The van der Waals surface area contributed by atoms with Crippen LogP contribution in [0.3, 0.4) is 0 Å². The standard InChI is InChI=1S/C27H31N7O/c1-18(2)32-27(35)19-7-9-25(10-8-19)34-17-24(15-31-34)22-12-28-26(29-13-22)21-6-4-5-20(11-21)23-14-30-33(3)16-23/h4-6,11-19,25H,7-10H2,1-3H3,(H,32,35). The maximum Gasteiger partial charge on any atom is 0.223 e. The van der Waals surface area contributed by atoms with Crippen molar-refractivity contribution < 1.29 is 4.79 Å². The van der Waals surface area contributed by atoms with Crippen molar-refractivity contribution in [3.8, 4) is 33.6 Å². The molecule has 1 amide bonds. The van der Waals surface area contributed by atoms with Gasteiger partial charge in [0.25, 0.3) is 0 Å². The Bertz CT molecular complexity index is 1300. The summed E-state index contributed by atoms with van der Waals surface area (Å²) in [7, 11) is 1.91. The van der Waals surface area contributed by atoms with Crippen LogP contribution in [0.15, 0.2) is 61.4 Å². The van der Waals surface area contributed by atoms with Crippen molar-refractivity contribution >= 4 is 5.91 Å². The first kappa shape index (κ1) is 23.0. The number of aryl methyl sites for hydroxylation is 1. The first-order valence-electron chi connectivity index (χ1n) is 12.2. The summed E-state index contributed by atoms with van der Waals surface area (Å²) >= 11 is 0. The van der Waals surface area contributed by atoms with Gasteiger partial charge in [-0.3, -0.25) is 14.2 Å². The molecular weight excluding hydrogens is 438 g/mol. The average Bonchev–Trinajstić information content (AvgIpc) is 3.54. The van der Waals surface area contributed by atoms with Crippen LogP contribution in [0, 0.1) is 5.92 Å². The van der Waals surface area contributed by atoms with Crippen molar-refractivity contribution in [1.29, 1.82) is 0 Å². The van der Waals surface area contributed by atoms with Crippen LogP contribution in [-0.4, -0.2) is 41.5 Å². The van der Waals surface area contributed by atoms with Gasteiger partial charge in [0.1, 0.15) is 0 Å². The van der Waals surface area contributed by atoms with Gasteiger partial charge < -0.3 is 5.32 Å². The van der Waals surface area contributed by atoms with Gasteiger partial charge in [-0.25, -0.2) is 9.97 Å². The average molecular weight is 470 g/mol. The third-order valence-electron chi connectivity index (χ3n) is 6.62. The fourth-order valence-corrected chi connectivity index (χ4v) is 4.73. The fraction of sp³-hybridized carbons (Fsp3) is 0.370. The molecule has 8 heteroatoms. The summed E-state index contributed by atoms with van der Waals surface area (Å²) in [5, 5.41) is 11.9. The molecule has 180 valence electrons. The molecule has 0 bridgehead atoms. The van der Waals surface area contributed by atoms with E-state index in [-0.39, 0.29) is 17.9 Å². The highest BCUT2D eigenvalue weighted by atomic mass is 16.1. The Morgan fingerprint density at radius 3 is 2.26 bits per heavy atom. The van der Waals surface area contributed by atoms with E-state index in [1.54, 1.807) is 4.68 Å². The highest BCUT2D eigenvalue weighted by molar-refractivity contribution is 5.79. The number of benzene rings is 1. The molecule has 1 saturated carbocycles. The lowest BCUT2D eigenvalue weighted by atomic mass is 9.85. The quantitative estimate of drug-likeness (QED) is 0.443. The molecular formula is C27H31N7O. The van der Waals surface area contributed by atoms with Gasteiger partial charge in [0, 0.05) is 66.0 Å². The van der Waals surface area contributed by atoms with E-state index >= 15 is 0 Å². The highest BCUT2D eigenvalue weighted by Crippen LogP contribution is 2.33. The van der Waals surface area contributed by atoms with E-state index in [1.165, 1.54) is 0 Å². The highest BCUT2D eigenvalue weighted by Gasteiger charge is 2.27. The topological polar surface area (TPSA) is 90.5 Å². The number of hydrogen-bond donors (Lipinski definition) is 1. The minimum Gasteiger partial charge on any atom is -0.354 e. The first-order valence-corrected chi connectivity index (χ1v) is 12.2. The zero-order valence-electron chi connectivity index (χ0n) is 20.4. The van der Waals surface area contributed by atoms with E-state index in [0.29, 0.717) is 11.9 Å². The molecule has 3 heterocycles. The summed E-state index contributed by atoms with van der Waals surface area (Å²) in [5.41, 5.74) is 5.05. The monoisotopic (exact) mass is 469 g/mol. The normalized spacial score (nSPS) is 18.1. The Hall–Kier alpha value is -3.81. The molecule has 1 aromatic carbocycles. The summed E-state index contributed by atoms with van der Waals surface area (Å²) in [6.45, 7) is 4.01. The van der Waals surface area contributed by atoms with Gasteiger partial charge in [-0.15, -0.1) is 0 Å². The Morgan fingerprint density at radius 1 is 0.886 bits per heavy atom. The molecule has 4 aromatic rings. The summed E-state index contributed by atoms with van der Waals surface area (Å²) in [6, 6.07) is 8.69. The minimum absolute atomic E-state index is 0.112. The van der Waals surface area contributed by atoms with Gasteiger partial charge >= 0.3 is 0 Å². The van der Waals surface area contributed by atoms with Gasteiger partial charge in [0.2, 0.25) is 5.91 Å². The molecule has 0 unspecified atom stereocenters. The van der Waals surface area contributed by atoms with E-state index in [1.807, 2.05) is 68.7 Å². The molecule has 1 aliphatic rings. The predicted molar refractivity (Wildman–Crippen MR) is 135 cm³/mol. The van der Waals surface area contributed by atoms with Crippen LogP contribution < -0.4 is 5.32 Å². The maximum atomic E-state index is 12.3. The van der Waals surface area contributed by atoms with E-state index in [0.717, 1.165) is 53.5 Å². The molecule has 1 fully saturated rings. The number of nitrogens with one attached hydrogen (secondary N) is 1. The van der Waals surface area contributed by atoms with Crippen molar-refractivity contribution in [2.24, 2.45) is 13.0 Å². The molecule has 35 heavy (non-hydrogen) atoms. The van der Waals surface area contributed by atoms with Crippen molar-refractivity contribution in [1.82, 2.24) is 34.8 Å². The van der Waals surface area contributed by atoms with Gasteiger partial charge in [0.05, 0.1) is 18.4 Å². The molecule has 1 N–H and O–H groups in total. The number of carbonyl (C=O) groups is 1. The van der Waals surface area contributed by atoms with E-state index < -0.39 is 0 Å². The molecule has 0 atom stereocenters. The summed E-state index contributed by atoms with van der Waals surface area (Å²) in [4.78, 5) is 21.6. The fourth-order valence-electron chi connectivity index (χ4n) is 4.73. The van der Waals surface area contributed by atoms with E-state index in [9.17, 15) is 4.79 Å². The van der Waals surface area contributed by atoms with E-state index in [2.05, 4.69) is 43.8 Å². The summed E-state index contributed by atoms with van der Waals surface area (Å²) in [5.74, 6) is 0.981. The number of hydrogen-bond acceptors (Lipinski definition) is 5. The van der Waals surface area contributed by atoms with Crippen molar-refractivity contribution in [2.45, 2.75) is 51.6 Å².